The first-order valence-electron chi connectivity index (χ1n) is 22.4. The van der Waals surface area contributed by atoms with Crippen molar-refractivity contribution in [1.29, 1.82) is 0 Å². The number of rotatable bonds is 19. The molecule has 3 fully saturated rings. The maximum Gasteiger partial charge on any atom is 0.264 e. The van der Waals surface area contributed by atoms with Gasteiger partial charge in [0, 0.05) is 77.1 Å². The molecule has 68 heavy (non-hydrogen) atoms. The Bertz CT molecular complexity index is 2540. The standard InChI is InChI=1S/C46H54ClN11O9S/c1-54(68-64)36-9-4-3-7-33(36)50-42-32(47)27-48-46(53-42)51-34-11-10-30(26-38(34)65-2)56-16-14-29(15-17-56)57-20-18-55(19-21-57)22-23-66-24-25-67-28-40(60)49-35-8-5-6-31-41(35)45(63)58(44(31)62)37-12-13-39(59)52-43(37)61/h3-11,26-27,29,37,68H,12-25,28H2,1-2H3,(H,49,60)(H,52,59,61)(H2,48,50,51,53). The number of amides is 5. The second-order valence-electron chi connectivity index (χ2n) is 16.6. The SMILES string of the molecule is COc1cc(N2CCC(N3CCN(CCOCCOCC(=O)Nc4cccc5c4C(=O)N(C4CCC(=O)NC4=O)C5=O)CC3)CC2)ccc1Nc1ncc(Cl)c(Nc2ccccc2N(C)[SH]=O)n1. The van der Waals surface area contributed by atoms with Gasteiger partial charge >= 0.3 is 0 Å². The van der Waals surface area contributed by atoms with Crippen molar-refractivity contribution in [3.8, 4) is 5.75 Å². The molecule has 0 saturated carbocycles. The molecule has 1 atom stereocenters. The molecule has 20 nitrogen and oxygen atoms in total. The van der Waals surface area contributed by atoms with Crippen LogP contribution in [0.4, 0.5) is 40.2 Å². The Hall–Kier alpha value is -6.23. The van der Waals surface area contributed by atoms with Crippen molar-refractivity contribution < 1.29 is 42.4 Å². The summed E-state index contributed by atoms with van der Waals surface area (Å²) < 4.78 is 30.2. The molecule has 4 aliphatic rings. The first-order chi connectivity index (χ1) is 33.0. The molecule has 0 aliphatic carbocycles. The molecule has 4 N–H and O–H groups in total. The van der Waals surface area contributed by atoms with Gasteiger partial charge in [0.15, 0.2) is 5.82 Å². The number of piperazine rings is 1. The van der Waals surface area contributed by atoms with Crippen molar-refractivity contribution >= 4 is 93.2 Å². The first-order valence-corrected chi connectivity index (χ1v) is 23.6. The van der Waals surface area contributed by atoms with Crippen molar-refractivity contribution in [2.24, 2.45) is 0 Å². The molecule has 3 saturated heterocycles. The van der Waals surface area contributed by atoms with Crippen LogP contribution in [-0.2, 0) is 35.7 Å². The summed E-state index contributed by atoms with van der Waals surface area (Å²) in [5.41, 5.74) is 3.41. The van der Waals surface area contributed by atoms with Crippen LogP contribution < -0.4 is 35.2 Å². The third-order valence-corrected chi connectivity index (χ3v) is 13.2. The molecule has 0 radical (unpaired) electrons. The van der Waals surface area contributed by atoms with Gasteiger partial charge in [-0.1, -0.05) is 29.8 Å². The fourth-order valence-electron chi connectivity index (χ4n) is 8.87. The summed E-state index contributed by atoms with van der Waals surface area (Å²) in [4.78, 5) is 80.4. The van der Waals surface area contributed by atoms with Crippen molar-refractivity contribution in [2.45, 2.75) is 37.8 Å². The minimum absolute atomic E-state index is 0.00200. The Morgan fingerprint density at radius 2 is 1.65 bits per heavy atom. The van der Waals surface area contributed by atoms with Gasteiger partial charge < -0.3 is 35.1 Å². The van der Waals surface area contributed by atoms with E-state index in [1.807, 2.05) is 36.4 Å². The summed E-state index contributed by atoms with van der Waals surface area (Å²) in [6, 6.07) is 17.4. The topological polar surface area (TPSA) is 220 Å². The smallest absolute Gasteiger partial charge is 0.264 e. The lowest BCUT2D eigenvalue weighted by atomic mass is 10.0. The van der Waals surface area contributed by atoms with Gasteiger partial charge in [-0.3, -0.25) is 48.3 Å². The van der Waals surface area contributed by atoms with Gasteiger partial charge in [0.2, 0.25) is 23.7 Å². The molecule has 4 aliphatic heterocycles. The molecule has 8 rings (SSSR count). The number of ether oxygens (including phenoxy) is 3. The molecule has 1 aromatic heterocycles. The maximum atomic E-state index is 13.3. The van der Waals surface area contributed by atoms with Crippen LogP contribution in [0.5, 0.6) is 5.75 Å². The normalized spacial score (nSPS) is 18.1. The lowest BCUT2D eigenvalue weighted by Gasteiger charge is -2.43. The number of carbonyl (C=O) groups is 5. The van der Waals surface area contributed by atoms with Crippen LogP contribution in [0.3, 0.4) is 0 Å². The summed E-state index contributed by atoms with van der Waals surface area (Å²) in [7, 11) is 3.35. The van der Waals surface area contributed by atoms with E-state index in [2.05, 4.69) is 52.0 Å². The minimum Gasteiger partial charge on any atom is -0.494 e. The van der Waals surface area contributed by atoms with Gasteiger partial charge in [0.05, 0.1) is 67.0 Å². The molecule has 0 bridgehead atoms. The Morgan fingerprint density at radius 1 is 0.882 bits per heavy atom. The van der Waals surface area contributed by atoms with Crippen LogP contribution in [0.2, 0.25) is 5.02 Å². The number of nitrogens with zero attached hydrogens (tertiary/aromatic N) is 7. The fraction of sp³-hybridized carbons (Fsp3) is 0.413. The Labute approximate surface area is 402 Å². The maximum absolute atomic E-state index is 13.3. The molecular formula is C46H54ClN11O9S. The van der Waals surface area contributed by atoms with Crippen LogP contribution in [0, 0.1) is 0 Å². The number of para-hydroxylation sites is 2. The lowest BCUT2D eigenvalue weighted by Crippen LogP contribution is -2.54. The van der Waals surface area contributed by atoms with Gasteiger partial charge in [0.25, 0.3) is 11.8 Å². The van der Waals surface area contributed by atoms with E-state index >= 15 is 0 Å². The van der Waals surface area contributed by atoms with Crippen LogP contribution in [-0.4, -0.2) is 157 Å². The fourth-order valence-corrected chi connectivity index (χ4v) is 9.27. The van der Waals surface area contributed by atoms with Gasteiger partial charge in [-0.05, 0) is 55.7 Å². The van der Waals surface area contributed by atoms with E-state index in [-0.39, 0.29) is 54.7 Å². The molecule has 5 heterocycles. The number of halogens is 1. The zero-order valence-electron chi connectivity index (χ0n) is 37.7. The number of imide groups is 2. The predicted octanol–water partition coefficient (Wildman–Crippen LogP) is 3.58. The minimum atomic E-state index is -1.10. The van der Waals surface area contributed by atoms with Gasteiger partial charge in [-0.25, -0.2) is 9.19 Å². The number of hydrogen-bond donors (Lipinski definition) is 5. The van der Waals surface area contributed by atoms with Crippen molar-refractivity contribution in [3.05, 3.63) is 83.0 Å². The number of piperidine rings is 2. The number of benzene rings is 3. The Kier molecular flexibility index (Phi) is 15.8. The number of methoxy groups -OCH3 is 1. The third-order valence-electron chi connectivity index (χ3n) is 12.5. The Balaban J connectivity index is 0.716. The van der Waals surface area contributed by atoms with Crippen LogP contribution in [0.1, 0.15) is 46.4 Å². The number of hydrogen-bond acceptors (Lipinski definition) is 16. The zero-order chi connectivity index (χ0) is 47.7. The molecule has 0 spiro atoms. The number of fused-ring (bicyclic) bond motifs is 1. The third kappa shape index (κ3) is 11.2. The molecule has 3 aromatic carbocycles. The number of thiol groups is 1. The molecular weight excluding hydrogens is 918 g/mol. The number of aromatic nitrogens is 2. The second-order valence-corrected chi connectivity index (χ2v) is 17.8. The summed E-state index contributed by atoms with van der Waals surface area (Å²) in [6.45, 7) is 7.28. The van der Waals surface area contributed by atoms with Crippen LogP contribution >= 0.6 is 11.6 Å². The first kappa shape index (κ1) is 48.2. The highest BCUT2D eigenvalue weighted by Gasteiger charge is 2.45. The second kappa shape index (κ2) is 22.3. The Morgan fingerprint density at radius 3 is 2.41 bits per heavy atom. The summed E-state index contributed by atoms with van der Waals surface area (Å²) in [5, 5.41) is 11.7. The van der Waals surface area contributed by atoms with E-state index in [1.54, 1.807) is 24.5 Å². The average Bonchev–Trinajstić information content (AvgIpc) is 3.61. The molecule has 1 unspecified atom stereocenters. The van der Waals surface area contributed by atoms with E-state index in [9.17, 15) is 28.2 Å². The van der Waals surface area contributed by atoms with Crippen molar-refractivity contribution in [1.82, 2.24) is 30.0 Å². The summed E-state index contributed by atoms with van der Waals surface area (Å²) in [6.07, 6.45) is 3.68. The highest BCUT2D eigenvalue weighted by atomic mass is 35.5. The average molecular weight is 973 g/mol. The summed E-state index contributed by atoms with van der Waals surface area (Å²) >= 11 is 6.32. The van der Waals surface area contributed by atoms with Crippen LogP contribution in [0.15, 0.2) is 66.9 Å². The monoisotopic (exact) mass is 971 g/mol. The van der Waals surface area contributed by atoms with E-state index in [4.69, 9.17) is 25.8 Å². The number of carbonyl (C=O) groups excluding carboxylic acids is 5. The highest BCUT2D eigenvalue weighted by molar-refractivity contribution is 7.67. The van der Waals surface area contributed by atoms with Crippen molar-refractivity contribution in [3.63, 3.8) is 0 Å². The molecule has 4 aromatic rings. The number of anilines is 7. The van der Waals surface area contributed by atoms with E-state index < -0.39 is 35.6 Å². The zero-order valence-corrected chi connectivity index (χ0v) is 39.4. The van der Waals surface area contributed by atoms with Crippen LogP contribution in [0.25, 0.3) is 0 Å². The van der Waals surface area contributed by atoms with Gasteiger partial charge in [-0.2, -0.15) is 4.98 Å². The molecule has 360 valence electrons. The van der Waals surface area contributed by atoms with E-state index in [0.29, 0.717) is 58.9 Å². The summed E-state index contributed by atoms with van der Waals surface area (Å²) in [5.74, 6) is -1.65. The predicted molar refractivity (Wildman–Crippen MR) is 258 cm³/mol. The highest BCUT2D eigenvalue weighted by Crippen LogP contribution is 2.36. The van der Waals surface area contributed by atoms with Gasteiger partial charge in [0.1, 0.15) is 35.3 Å². The lowest BCUT2D eigenvalue weighted by molar-refractivity contribution is -0.136. The van der Waals surface area contributed by atoms with E-state index in [1.165, 1.54) is 18.3 Å². The number of nitrogens with one attached hydrogen (secondary N) is 4. The largest absolute Gasteiger partial charge is 0.494 e. The van der Waals surface area contributed by atoms with Crippen molar-refractivity contribution in [2.75, 3.05) is 112 Å². The molecule has 5 amide bonds. The quantitative estimate of drug-likeness (QED) is 0.0515. The molecule has 22 heteroatoms. The van der Waals surface area contributed by atoms with Gasteiger partial charge in [-0.15, -0.1) is 0 Å². The van der Waals surface area contributed by atoms with E-state index in [0.717, 1.165) is 69.2 Å².